The molecule has 0 bridgehead atoms. The third-order valence-corrected chi connectivity index (χ3v) is 4.02. The van der Waals surface area contributed by atoms with E-state index in [-0.39, 0.29) is 6.04 Å². The lowest BCUT2D eigenvalue weighted by molar-refractivity contribution is 0.162. The van der Waals surface area contributed by atoms with Crippen LogP contribution in [0.3, 0.4) is 0 Å². The van der Waals surface area contributed by atoms with Crippen molar-refractivity contribution in [2.45, 2.75) is 26.8 Å². The lowest BCUT2D eigenvalue weighted by atomic mass is 10.1. The Morgan fingerprint density at radius 1 is 1.12 bits per heavy atom. The van der Waals surface area contributed by atoms with Crippen molar-refractivity contribution in [3.05, 3.63) is 48.0 Å². The third-order valence-electron chi connectivity index (χ3n) is 4.02. The maximum atomic E-state index is 5.49. The zero-order chi connectivity index (χ0) is 16.7. The summed E-state index contributed by atoms with van der Waals surface area (Å²) in [4.78, 5) is 10.0. The maximum Gasteiger partial charge on any atom is 0.258 e. The minimum absolute atomic E-state index is 0.238. The Bertz CT molecular complexity index is 888. The molecule has 4 rings (SSSR count). The number of nitrogens with zero attached hydrogens (tertiary/aromatic N) is 3. The van der Waals surface area contributed by atoms with Gasteiger partial charge in [0.15, 0.2) is 0 Å². The highest BCUT2D eigenvalue weighted by Gasteiger charge is 2.24. The van der Waals surface area contributed by atoms with Crippen LogP contribution < -0.4 is 10.5 Å². The van der Waals surface area contributed by atoms with Gasteiger partial charge in [-0.05, 0) is 50.6 Å². The Morgan fingerprint density at radius 2 is 1.96 bits per heavy atom. The number of aromatic nitrogens is 2. The summed E-state index contributed by atoms with van der Waals surface area (Å²) in [6.45, 7) is 6.16. The van der Waals surface area contributed by atoms with E-state index in [0.29, 0.717) is 11.7 Å². The lowest BCUT2D eigenvalue weighted by Gasteiger charge is -2.19. The minimum atomic E-state index is 0.238. The van der Waals surface area contributed by atoms with Gasteiger partial charge < -0.3 is 4.52 Å². The number of aryl methyl sites for hydroxylation is 1. The van der Waals surface area contributed by atoms with E-state index >= 15 is 0 Å². The topological polar surface area (TPSA) is 63.4 Å². The fourth-order valence-electron chi connectivity index (χ4n) is 2.74. The molecule has 1 aromatic heterocycles. The van der Waals surface area contributed by atoms with E-state index in [1.807, 2.05) is 54.5 Å². The van der Waals surface area contributed by atoms with Crippen LogP contribution in [0.25, 0.3) is 22.8 Å². The molecule has 0 radical (unpaired) electrons. The average Bonchev–Trinajstić information content (AvgIpc) is 3.21. The molecule has 122 valence electrons. The van der Waals surface area contributed by atoms with Crippen molar-refractivity contribution in [3.63, 3.8) is 0 Å². The van der Waals surface area contributed by atoms with Crippen LogP contribution in [-0.2, 0) is 4.94 Å². The van der Waals surface area contributed by atoms with Crippen molar-refractivity contribution in [3.8, 4) is 22.8 Å². The summed E-state index contributed by atoms with van der Waals surface area (Å²) in [5.74, 6) is 1.08. The third kappa shape index (κ3) is 2.41. The highest BCUT2D eigenvalue weighted by atomic mass is 16.8. The molecule has 0 unspecified atom stereocenters. The quantitative estimate of drug-likeness (QED) is 0.780. The number of hydrogen-bond donors (Lipinski definition) is 1. The SMILES string of the molecule is Cc1ccccc1-c1nc(-c2ccc3c(c2)NON3C(C)C)no1. The van der Waals surface area contributed by atoms with Crippen LogP contribution >= 0.6 is 0 Å². The van der Waals surface area contributed by atoms with Crippen molar-refractivity contribution in [1.82, 2.24) is 10.1 Å². The summed E-state index contributed by atoms with van der Waals surface area (Å²) in [6, 6.07) is 14.1. The van der Waals surface area contributed by atoms with E-state index in [1.54, 1.807) is 0 Å². The normalized spacial score (nSPS) is 13.2. The zero-order valence-electron chi connectivity index (χ0n) is 13.8. The van der Waals surface area contributed by atoms with Gasteiger partial charge in [0.2, 0.25) is 5.82 Å². The summed E-state index contributed by atoms with van der Waals surface area (Å²) in [5, 5.41) is 5.94. The van der Waals surface area contributed by atoms with Gasteiger partial charge in [-0.3, -0.25) is 0 Å². The van der Waals surface area contributed by atoms with E-state index in [4.69, 9.17) is 9.46 Å². The molecular formula is C18H18N4O2. The molecule has 1 N–H and O–H groups in total. The van der Waals surface area contributed by atoms with Gasteiger partial charge in [0.1, 0.15) is 0 Å². The van der Waals surface area contributed by atoms with Crippen molar-refractivity contribution < 1.29 is 9.46 Å². The molecule has 3 aromatic rings. The first-order chi connectivity index (χ1) is 11.6. The Hall–Kier alpha value is -2.86. The Balaban J connectivity index is 1.68. The van der Waals surface area contributed by atoms with E-state index in [2.05, 4.69) is 29.5 Å². The Morgan fingerprint density at radius 3 is 2.75 bits per heavy atom. The molecule has 0 amide bonds. The van der Waals surface area contributed by atoms with E-state index < -0.39 is 0 Å². The van der Waals surface area contributed by atoms with Gasteiger partial charge in [-0.15, -0.1) is 0 Å². The molecule has 1 aliphatic heterocycles. The number of benzene rings is 2. The maximum absolute atomic E-state index is 5.49. The molecule has 2 heterocycles. The first-order valence-electron chi connectivity index (χ1n) is 7.90. The van der Waals surface area contributed by atoms with Crippen LogP contribution in [-0.4, -0.2) is 16.2 Å². The van der Waals surface area contributed by atoms with E-state index in [9.17, 15) is 0 Å². The predicted molar refractivity (Wildman–Crippen MR) is 92.2 cm³/mol. The van der Waals surface area contributed by atoms with Crippen LogP contribution in [0, 0.1) is 6.92 Å². The second-order valence-corrected chi connectivity index (χ2v) is 6.08. The number of hydroxylamine groups is 1. The number of fused-ring (bicyclic) bond motifs is 1. The molecule has 0 atom stereocenters. The molecule has 0 spiro atoms. The van der Waals surface area contributed by atoms with Gasteiger partial charge in [-0.2, -0.15) is 9.92 Å². The molecular weight excluding hydrogens is 304 g/mol. The van der Waals surface area contributed by atoms with Crippen LogP contribution in [0.5, 0.6) is 0 Å². The molecule has 1 aliphatic rings. The molecule has 6 nitrogen and oxygen atoms in total. The molecule has 0 fully saturated rings. The Labute approximate surface area is 140 Å². The first-order valence-corrected chi connectivity index (χ1v) is 7.90. The second-order valence-electron chi connectivity index (χ2n) is 6.08. The highest BCUT2D eigenvalue weighted by molar-refractivity contribution is 5.77. The van der Waals surface area contributed by atoms with Crippen molar-refractivity contribution in [2.75, 3.05) is 10.5 Å². The molecule has 0 aliphatic carbocycles. The van der Waals surface area contributed by atoms with Gasteiger partial charge in [0.25, 0.3) is 5.89 Å². The van der Waals surface area contributed by atoms with Crippen molar-refractivity contribution in [1.29, 1.82) is 0 Å². The lowest BCUT2D eigenvalue weighted by Crippen LogP contribution is -2.27. The molecule has 6 heteroatoms. The van der Waals surface area contributed by atoms with Crippen LogP contribution in [0.4, 0.5) is 11.4 Å². The van der Waals surface area contributed by atoms with Gasteiger partial charge in [-0.25, -0.2) is 10.5 Å². The van der Waals surface area contributed by atoms with Gasteiger partial charge >= 0.3 is 0 Å². The smallest absolute Gasteiger partial charge is 0.258 e. The largest absolute Gasteiger partial charge is 0.334 e. The summed E-state index contributed by atoms with van der Waals surface area (Å²) in [7, 11) is 0. The molecule has 0 saturated carbocycles. The minimum Gasteiger partial charge on any atom is -0.334 e. The predicted octanol–water partition coefficient (Wildman–Crippen LogP) is 4.20. The van der Waals surface area contributed by atoms with Crippen LogP contribution in [0.15, 0.2) is 47.0 Å². The second kappa shape index (κ2) is 5.65. The van der Waals surface area contributed by atoms with E-state index in [1.165, 1.54) is 0 Å². The standard InChI is InChI=1S/C18H18N4O2/c1-11(2)22-16-9-8-13(10-15(16)20-24-22)17-19-18(23-21-17)14-7-5-4-6-12(14)3/h4-11,20H,1-3H3. The fraction of sp³-hybridized carbons (Fsp3) is 0.222. The fourth-order valence-corrected chi connectivity index (χ4v) is 2.74. The zero-order valence-corrected chi connectivity index (χ0v) is 13.8. The number of hydrogen-bond acceptors (Lipinski definition) is 6. The monoisotopic (exact) mass is 322 g/mol. The van der Waals surface area contributed by atoms with Crippen LogP contribution in [0.2, 0.25) is 0 Å². The highest BCUT2D eigenvalue weighted by Crippen LogP contribution is 2.36. The summed E-state index contributed by atoms with van der Waals surface area (Å²) in [5.41, 5.74) is 7.74. The number of nitrogens with one attached hydrogen (secondary N) is 1. The molecule has 0 saturated heterocycles. The molecule has 24 heavy (non-hydrogen) atoms. The van der Waals surface area contributed by atoms with Crippen molar-refractivity contribution in [2.24, 2.45) is 0 Å². The number of anilines is 2. The first kappa shape index (κ1) is 14.7. The van der Waals surface area contributed by atoms with Gasteiger partial charge in [0, 0.05) is 11.1 Å². The molecule has 2 aromatic carbocycles. The van der Waals surface area contributed by atoms with Gasteiger partial charge in [-0.1, -0.05) is 23.4 Å². The summed E-state index contributed by atoms with van der Waals surface area (Å²) >= 11 is 0. The van der Waals surface area contributed by atoms with Crippen molar-refractivity contribution >= 4 is 11.4 Å². The summed E-state index contributed by atoms with van der Waals surface area (Å²) in [6.07, 6.45) is 0. The van der Waals surface area contributed by atoms with E-state index in [0.717, 1.165) is 28.1 Å². The average molecular weight is 322 g/mol. The summed E-state index contributed by atoms with van der Waals surface area (Å²) < 4.78 is 5.44. The Kier molecular flexibility index (Phi) is 3.46. The van der Waals surface area contributed by atoms with Gasteiger partial charge in [0.05, 0.1) is 17.4 Å². The van der Waals surface area contributed by atoms with Crippen LogP contribution in [0.1, 0.15) is 19.4 Å². The number of rotatable bonds is 3.